The first-order valence-corrected chi connectivity index (χ1v) is 5.45. The Bertz CT molecular complexity index is 363. The Hall–Kier alpha value is -1.24. The van der Waals surface area contributed by atoms with E-state index in [0.717, 1.165) is 5.92 Å². The summed E-state index contributed by atoms with van der Waals surface area (Å²) in [5.41, 5.74) is 2.86. The molecule has 1 aliphatic carbocycles. The third-order valence-electron chi connectivity index (χ3n) is 3.20. The molecule has 1 saturated carbocycles. The molecular formula is C13H15N. The molecule has 1 fully saturated rings. The summed E-state index contributed by atoms with van der Waals surface area (Å²) < 4.78 is 0. The van der Waals surface area contributed by atoms with Crippen LogP contribution in [0.5, 0.6) is 0 Å². The van der Waals surface area contributed by atoms with Crippen molar-refractivity contribution in [2.75, 3.05) is 0 Å². The van der Waals surface area contributed by atoms with Gasteiger partial charge in [0, 0.05) is 0 Å². The lowest BCUT2D eigenvalue weighted by Gasteiger charge is -2.23. The van der Waals surface area contributed by atoms with Crippen LogP contribution in [0, 0.1) is 5.92 Å². The fraction of sp³-hybridized carbons (Fsp3) is 0.385. The first-order chi connectivity index (χ1) is 6.93. The van der Waals surface area contributed by atoms with Crippen molar-refractivity contribution >= 4 is 6.08 Å². The van der Waals surface area contributed by atoms with Gasteiger partial charge in [-0.25, -0.2) is 0 Å². The van der Waals surface area contributed by atoms with Crippen LogP contribution in [-0.2, 0) is 0 Å². The van der Waals surface area contributed by atoms with Crippen LogP contribution in [0.4, 0.5) is 0 Å². The predicted molar refractivity (Wildman–Crippen MR) is 58.7 cm³/mol. The molecule has 0 amide bonds. The molecule has 0 bridgehead atoms. The molecule has 0 radical (unpaired) electrons. The summed E-state index contributed by atoms with van der Waals surface area (Å²) in [5.74, 6) is 0.979. The maximum atomic E-state index is 3.47. The van der Waals surface area contributed by atoms with Crippen molar-refractivity contribution in [2.24, 2.45) is 5.92 Å². The normalized spacial score (nSPS) is 24.1. The van der Waals surface area contributed by atoms with Gasteiger partial charge in [0.1, 0.15) is 0 Å². The lowest BCUT2D eigenvalue weighted by molar-refractivity contribution is 0.528. The molecule has 0 saturated heterocycles. The molecule has 0 aromatic heterocycles. The molecule has 1 unspecified atom stereocenters. The van der Waals surface area contributed by atoms with E-state index in [9.17, 15) is 0 Å². The van der Waals surface area contributed by atoms with Gasteiger partial charge in [-0.05, 0) is 35.7 Å². The Balaban J connectivity index is 1.89. The maximum absolute atomic E-state index is 3.47. The molecule has 72 valence electrons. The minimum absolute atomic E-state index is 0.559. The molecule has 3 rings (SSSR count). The van der Waals surface area contributed by atoms with E-state index in [-0.39, 0.29) is 0 Å². The van der Waals surface area contributed by atoms with Crippen molar-refractivity contribution in [1.29, 1.82) is 0 Å². The molecule has 1 heterocycles. The van der Waals surface area contributed by atoms with Crippen LogP contribution in [0.25, 0.3) is 6.08 Å². The van der Waals surface area contributed by atoms with Gasteiger partial charge in [-0.15, -0.1) is 0 Å². The smallest absolute Gasteiger partial charge is 0.0516 e. The zero-order valence-corrected chi connectivity index (χ0v) is 8.24. The molecule has 1 aromatic carbocycles. The number of hydrogen-bond acceptors (Lipinski definition) is 1. The number of rotatable bonds is 2. The first-order valence-electron chi connectivity index (χ1n) is 5.45. The largest absolute Gasteiger partial charge is 0.384 e. The van der Waals surface area contributed by atoms with E-state index in [1.807, 2.05) is 0 Å². The first kappa shape index (κ1) is 8.10. The monoisotopic (exact) mass is 185 g/mol. The van der Waals surface area contributed by atoms with E-state index in [2.05, 4.69) is 41.9 Å². The fourth-order valence-corrected chi connectivity index (χ4v) is 2.21. The van der Waals surface area contributed by atoms with Gasteiger partial charge in [-0.3, -0.25) is 0 Å². The Morgan fingerprint density at radius 3 is 2.93 bits per heavy atom. The third kappa shape index (κ3) is 1.43. The number of nitrogens with one attached hydrogen (secondary N) is 1. The third-order valence-corrected chi connectivity index (χ3v) is 3.20. The second kappa shape index (κ2) is 3.16. The van der Waals surface area contributed by atoms with Crippen LogP contribution in [0.1, 0.15) is 36.4 Å². The molecule has 14 heavy (non-hydrogen) atoms. The SMILES string of the molecule is C1=Cc2ccccc2C(CC2CC2)N1. The fourth-order valence-electron chi connectivity index (χ4n) is 2.21. The van der Waals surface area contributed by atoms with Crippen molar-refractivity contribution in [3.8, 4) is 0 Å². The van der Waals surface area contributed by atoms with Crippen molar-refractivity contribution in [1.82, 2.24) is 5.32 Å². The van der Waals surface area contributed by atoms with Crippen LogP contribution >= 0.6 is 0 Å². The van der Waals surface area contributed by atoms with E-state index in [4.69, 9.17) is 0 Å². The van der Waals surface area contributed by atoms with E-state index in [0.29, 0.717) is 6.04 Å². The van der Waals surface area contributed by atoms with Gasteiger partial charge in [0.05, 0.1) is 6.04 Å². The van der Waals surface area contributed by atoms with Gasteiger partial charge >= 0.3 is 0 Å². The number of fused-ring (bicyclic) bond motifs is 1. The van der Waals surface area contributed by atoms with Gasteiger partial charge < -0.3 is 5.32 Å². The van der Waals surface area contributed by atoms with Gasteiger partial charge in [-0.1, -0.05) is 37.1 Å². The highest BCUT2D eigenvalue weighted by Crippen LogP contribution is 2.39. The highest BCUT2D eigenvalue weighted by Gasteiger charge is 2.27. The Morgan fingerprint density at radius 1 is 1.21 bits per heavy atom. The minimum Gasteiger partial charge on any atom is -0.384 e. The summed E-state index contributed by atoms with van der Waals surface area (Å²) >= 11 is 0. The number of hydrogen-bond donors (Lipinski definition) is 1. The summed E-state index contributed by atoms with van der Waals surface area (Å²) in [5, 5.41) is 3.47. The summed E-state index contributed by atoms with van der Waals surface area (Å²) in [4.78, 5) is 0. The quantitative estimate of drug-likeness (QED) is 0.746. The Morgan fingerprint density at radius 2 is 2.07 bits per heavy atom. The van der Waals surface area contributed by atoms with Crippen molar-refractivity contribution in [2.45, 2.75) is 25.3 Å². The Labute approximate surface area is 84.8 Å². The highest BCUT2D eigenvalue weighted by molar-refractivity contribution is 5.56. The zero-order valence-electron chi connectivity index (χ0n) is 8.24. The summed E-state index contributed by atoms with van der Waals surface area (Å²) in [6.45, 7) is 0. The van der Waals surface area contributed by atoms with E-state index >= 15 is 0 Å². The van der Waals surface area contributed by atoms with Crippen molar-refractivity contribution in [3.05, 3.63) is 41.6 Å². The molecule has 1 atom stereocenters. The van der Waals surface area contributed by atoms with E-state index in [1.165, 1.54) is 30.4 Å². The molecular weight excluding hydrogens is 170 g/mol. The molecule has 2 aliphatic rings. The van der Waals surface area contributed by atoms with Crippen LogP contribution < -0.4 is 5.32 Å². The van der Waals surface area contributed by atoms with E-state index < -0.39 is 0 Å². The van der Waals surface area contributed by atoms with Gasteiger partial charge in [0.25, 0.3) is 0 Å². The topological polar surface area (TPSA) is 12.0 Å². The Kier molecular flexibility index (Phi) is 1.83. The van der Waals surface area contributed by atoms with E-state index in [1.54, 1.807) is 0 Å². The molecule has 0 spiro atoms. The second-order valence-corrected chi connectivity index (χ2v) is 4.36. The summed E-state index contributed by atoms with van der Waals surface area (Å²) in [6, 6.07) is 9.26. The summed E-state index contributed by atoms with van der Waals surface area (Å²) in [7, 11) is 0. The molecule has 1 aromatic rings. The minimum atomic E-state index is 0.559. The standard InChI is InChI=1S/C13H15N/c1-2-4-12-11(3-1)7-8-14-13(12)9-10-5-6-10/h1-4,7-8,10,13-14H,5-6,9H2. The van der Waals surface area contributed by atoms with Crippen LogP contribution in [0.2, 0.25) is 0 Å². The second-order valence-electron chi connectivity index (χ2n) is 4.36. The van der Waals surface area contributed by atoms with Crippen molar-refractivity contribution in [3.63, 3.8) is 0 Å². The maximum Gasteiger partial charge on any atom is 0.0516 e. The molecule has 1 nitrogen and oxygen atoms in total. The number of benzene rings is 1. The molecule has 1 N–H and O–H groups in total. The van der Waals surface area contributed by atoms with Crippen LogP contribution in [-0.4, -0.2) is 0 Å². The average Bonchev–Trinajstić information content (AvgIpc) is 3.03. The highest BCUT2D eigenvalue weighted by atomic mass is 14.9. The predicted octanol–water partition coefficient (Wildman–Crippen LogP) is 3.10. The molecule has 1 heteroatoms. The average molecular weight is 185 g/mol. The van der Waals surface area contributed by atoms with Crippen LogP contribution in [0.15, 0.2) is 30.5 Å². The van der Waals surface area contributed by atoms with Crippen molar-refractivity contribution < 1.29 is 0 Å². The van der Waals surface area contributed by atoms with Gasteiger partial charge in [0.2, 0.25) is 0 Å². The van der Waals surface area contributed by atoms with Gasteiger partial charge in [0.15, 0.2) is 0 Å². The molecule has 1 aliphatic heterocycles. The lowest BCUT2D eigenvalue weighted by Crippen LogP contribution is -2.19. The van der Waals surface area contributed by atoms with Gasteiger partial charge in [-0.2, -0.15) is 0 Å². The van der Waals surface area contributed by atoms with Crippen LogP contribution in [0.3, 0.4) is 0 Å². The summed E-state index contributed by atoms with van der Waals surface area (Å²) in [6.07, 6.45) is 8.43. The zero-order chi connectivity index (χ0) is 9.38. The lowest BCUT2D eigenvalue weighted by atomic mass is 9.94.